The van der Waals surface area contributed by atoms with E-state index in [-0.39, 0.29) is 5.41 Å². The predicted octanol–water partition coefficient (Wildman–Crippen LogP) is 2.52. The molecule has 1 radical (unpaired) electrons. The molecule has 2 rings (SSSR count). The maximum atomic E-state index is 5.61. The van der Waals surface area contributed by atoms with Gasteiger partial charge in [-0.3, -0.25) is 0 Å². The minimum absolute atomic E-state index is 0.202. The summed E-state index contributed by atoms with van der Waals surface area (Å²) in [4.78, 5) is 0. The molecule has 0 spiro atoms. The van der Waals surface area contributed by atoms with Crippen LogP contribution >= 0.6 is 0 Å². The summed E-state index contributed by atoms with van der Waals surface area (Å²) in [6.45, 7) is 4.23. The van der Waals surface area contributed by atoms with E-state index >= 15 is 0 Å². The Bertz CT molecular complexity index is 270. The summed E-state index contributed by atoms with van der Waals surface area (Å²) in [5.74, 6) is 0. The Balaban J connectivity index is 2.28. The highest BCUT2D eigenvalue weighted by Crippen LogP contribution is 2.42. The number of benzene rings is 1. The first-order chi connectivity index (χ1) is 5.71. The number of hydrogen-bond acceptors (Lipinski definition) is 1. The van der Waals surface area contributed by atoms with Crippen LogP contribution in [-0.2, 0) is 5.41 Å². The van der Waals surface area contributed by atoms with Crippen LogP contribution in [0.1, 0.15) is 24.8 Å². The Morgan fingerprint density at radius 1 is 1.17 bits per heavy atom. The van der Waals surface area contributed by atoms with Crippen LogP contribution in [-0.4, -0.2) is 0 Å². The normalized spacial score (nSPS) is 20.1. The van der Waals surface area contributed by atoms with Gasteiger partial charge >= 0.3 is 0 Å². The van der Waals surface area contributed by atoms with Crippen molar-refractivity contribution >= 4 is 5.69 Å². The second-order valence-electron chi connectivity index (χ2n) is 3.76. The molecule has 0 aromatic heterocycles. The summed E-state index contributed by atoms with van der Waals surface area (Å²) in [6.07, 6.45) is 3.75. The lowest BCUT2D eigenvalue weighted by Crippen LogP contribution is -2.30. The van der Waals surface area contributed by atoms with Crippen LogP contribution < -0.4 is 5.73 Å². The number of nitrogen functional groups attached to an aromatic ring is 1. The highest BCUT2D eigenvalue weighted by atomic mass is 14.5. The first-order valence-corrected chi connectivity index (χ1v) is 4.42. The summed E-state index contributed by atoms with van der Waals surface area (Å²) in [7, 11) is 0. The van der Waals surface area contributed by atoms with Gasteiger partial charge in [0, 0.05) is 5.69 Å². The van der Waals surface area contributed by atoms with Crippen molar-refractivity contribution in [1.82, 2.24) is 0 Å². The third kappa shape index (κ3) is 1.09. The van der Waals surface area contributed by atoms with Crippen molar-refractivity contribution in [2.45, 2.75) is 24.7 Å². The van der Waals surface area contributed by atoms with Crippen LogP contribution in [0.2, 0.25) is 0 Å². The molecule has 1 aromatic rings. The molecule has 1 nitrogen and oxygen atoms in total. The summed E-state index contributed by atoms with van der Waals surface area (Å²) >= 11 is 0. The fraction of sp³-hybridized carbons (Fsp3) is 0.364. The first kappa shape index (κ1) is 7.66. The highest BCUT2D eigenvalue weighted by Gasteiger charge is 2.33. The number of hydrogen-bond donors (Lipinski definition) is 1. The van der Waals surface area contributed by atoms with Crippen molar-refractivity contribution in [1.29, 1.82) is 0 Å². The molecule has 0 bridgehead atoms. The molecule has 1 aromatic carbocycles. The molecule has 0 heterocycles. The summed E-state index contributed by atoms with van der Waals surface area (Å²) in [6, 6.07) is 8.12. The zero-order valence-corrected chi connectivity index (χ0v) is 7.22. The summed E-state index contributed by atoms with van der Waals surface area (Å²) in [5, 5.41) is 0. The lowest BCUT2D eigenvalue weighted by atomic mass is 9.66. The van der Waals surface area contributed by atoms with Gasteiger partial charge in [0.15, 0.2) is 0 Å². The molecule has 12 heavy (non-hydrogen) atoms. The van der Waals surface area contributed by atoms with Gasteiger partial charge in [0.05, 0.1) is 0 Å². The highest BCUT2D eigenvalue weighted by molar-refractivity contribution is 5.42. The van der Waals surface area contributed by atoms with E-state index in [1.165, 1.54) is 24.8 Å². The molecular formula is C11H14N. The van der Waals surface area contributed by atoms with E-state index in [1.807, 2.05) is 12.1 Å². The van der Waals surface area contributed by atoms with Gasteiger partial charge in [-0.15, -0.1) is 0 Å². The predicted molar refractivity (Wildman–Crippen MR) is 51.7 cm³/mol. The molecule has 0 atom stereocenters. The SMILES string of the molecule is [CH2]C1(c2ccc(N)cc2)CCC1. The molecule has 1 aliphatic carbocycles. The monoisotopic (exact) mass is 160 g/mol. The second kappa shape index (κ2) is 2.51. The van der Waals surface area contributed by atoms with Gasteiger partial charge in [-0.2, -0.15) is 0 Å². The first-order valence-electron chi connectivity index (χ1n) is 4.42. The van der Waals surface area contributed by atoms with E-state index < -0.39 is 0 Å². The molecule has 1 fully saturated rings. The van der Waals surface area contributed by atoms with Crippen molar-refractivity contribution in [3.63, 3.8) is 0 Å². The Labute approximate surface area is 73.6 Å². The van der Waals surface area contributed by atoms with Crippen LogP contribution in [0.4, 0.5) is 5.69 Å². The fourth-order valence-electron chi connectivity index (χ4n) is 1.73. The van der Waals surface area contributed by atoms with Crippen LogP contribution in [0.3, 0.4) is 0 Å². The largest absolute Gasteiger partial charge is 0.399 e. The molecule has 0 saturated heterocycles. The molecule has 1 heteroatoms. The van der Waals surface area contributed by atoms with E-state index in [1.54, 1.807) is 0 Å². The molecule has 0 aliphatic heterocycles. The fourth-order valence-corrected chi connectivity index (χ4v) is 1.73. The average molecular weight is 160 g/mol. The van der Waals surface area contributed by atoms with Crippen molar-refractivity contribution in [2.24, 2.45) is 0 Å². The van der Waals surface area contributed by atoms with Crippen LogP contribution in [0.25, 0.3) is 0 Å². The lowest BCUT2D eigenvalue weighted by Gasteiger charge is -2.38. The van der Waals surface area contributed by atoms with Gasteiger partial charge in [0.2, 0.25) is 0 Å². The molecular weight excluding hydrogens is 146 g/mol. The maximum Gasteiger partial charge on any atom is 0.0314 e. The Morgan fingerprint density at radius 2 is 1.75 bits per heavy atom. The Morgan fingerprint density at radius 3 is 2.17 bits per heavy atom. The third-order valence-electron chi connectivity index (χ3n) is 2.83. The van der Waals surface area contributed by atoms with Crippen molar-refractivity contribution in [3.05, 3.63) is 36.8 Å². The Kier molecular flexibility index (Phi) is 1.60. The molecule has 1 aliphatic rings. The summed E-state index contributed by atoms with van der Waals surface area (Å²) in [5.41, 5.74) is 7.98. The topological polar surface area (TPSA) is 26.0 Å². The molecule has 0 amide bonds. The number of anilines is 1. The smallest absolute Gasteiger partial charge is 0.0314 e. The van der Waals surface area contributed by atoms with E-state index in [4.69, 9.17) is 5.73 Å². The van der Waals surface area contributed by atoms with Crippen molar-refractivity contribution < 1.29 is 0 Å². The lowest BCUT2D eigenvalue weighted by molar-refractivity contribution is 0.310. The summed E-state index contributed by atoms with van der Waals surface area (Å²) < 4.78 is 0. The van der Waals surface area contributed by atoms with Gasteiger partial charge in [0.1, 0.15) is 0 Å². The maximum absolute atomic E-state index is 5.61. The van der Waals surface area contributed by atoms with E-state index in [0.29, 0.717) is 0 Å². The van der Waals surface area contributed by atoms with Crippen LogP contribution in [0.5, 0.6) is 0 Å². The molecule has 1 saturated carbocycles. The van der Waals surface area contributed by atoms with E-state index in [9.17, 15) is 0 Å². The second-order valence-corrected chi connectivity index (χ2v) is 3.76. The van der Waals surface area contributed by atoms with E-state index in [0.717, 1.165) is 5.69 Å². The molecule has 0 unspecified atom stereocenters. The van der Waals surface area contributed by atoms with E-state index in [2.05, 4.69) is 19.1 Å². The standard InChI is InChI=1S/C11H14N/c1-11(7-2-8-11)9-3-5-10(12)6-4-9/h3-6H,1-2,7-8,12H2. The van der Waals surface area contributed by atoms with Crippen LogP contribution in [0, 0.1) is 6.92 Å². The van der Waals surface area contributed by atoms with Gasteiger partial charge in [-0.25, -0.2) is 0 Å². The van der Waals surface area contributed by atoms with Crippen molar-refractivity contribution in [3.8, 4) is 0 Å². The zero-order valence-electron chi connectivity index (χ0n) is 7.22. The number of nitrogens with two attached hydrogens (primary N) is 1. The molecule has 63 valence electrons. The quantitative estimate of drug-likeness (QED) is 0.628. The number of rotatable bonds is 1. The Hall–Kier alpha value is -0.980. The van der Waals surface area contributed by atoms with Gasteiger partial charge in [-0.05, 0) is 42.9 Å². The third-order valence-corrected chi connectivity index (χ3v) is 2.83. The zero-order chi connectivity index (χ0) is 8.60. The average Bonchev–Trinajstić information content (AvgIpc) is 2.02. The minimum atomic E-state index is 0.202. The van der Waals surface area contributed by atoms with Gasteiger partial charge < -0.3 is 5.73 Å². The van der Waals surface area contributed by atoms with Crippen molar-refractivity contribution in [2.75, 3.05) is 5.73 Å². The van der Waals surface area contributed by atoms with Crippen LogP contribution in [0.15, 0.2) is 24.3 Å². The minimum Gasteiger partial charge on any atom is -0.399 e. The molecule has 2 N–H and O–H groups in total. The van der Waals surface area contributed by atoms with Gasteiger partial charge in [0.25, 0.3) is 0 Å². The van der Waals surface area contributed by atoms with Gasteiger partial charge in [-0.1, -0.05) is 18.6 Å².